The molecule has 7 N–H and O–H groups in total. The van der Waals surface area contributed by atoms with Crippen molar-refractivity contribution in [1.29, 1.82) is 0 Å². The highest BCUT2D eigenvalue weighted by molar-refractivity contribution is 8.13. The van der Waals surface area contributed by atoms with E-state index in [0.29, 0.717) is 12.8 Å². The average Bonchev–Trinajstić information content (AvgIpc) is 3.89. The van der Waals surface area contributed by atoms with Gasteiger partial charge in [-0.25, -0.2) is 19.3 Å². The number of phosphoric acid groups is 3. The minimum absolute atomic E-state index is 0.0276. The van der Waals surface area contributed by atoms with Crippen molar-refractivity contribution in [2.45, 2.75) is 122 Å². The van der Waals surface area contributed by atoms with Crippen LogP contribution in [0.4, 0.5) is 5.82 Å². The molecule has 0 spiro atoms. The molecular formula is C45H66N7O18P3S-4. The summed E-state index contributed by atoms with van der Waals surface area (Å²) in [4.78, 5) is 97.0. The van der Waals surface area contributed by atoms with Gasteiger partial charge in [-0.2, -0.15) is 0 Å². The smallest absolute Gasteiger partial charge is 0.274 e. The molecule has 0 saturated carbocycles. The topological polar surface area (TPSA) is 395 Å². The number of hydrogen-bond acceptors (Lipinski definition) is 23. The first kappa shape index (κ1) is 64.2. The summed E-state index contributed by atoms with van der Waals surface area (Å²) in [5.74, 6) is -1.39. The molecule has 8 atom stereocenters. The largest absolute Gasteiger partial charge is 0.790 e. The van der Waals surface area contributed by atoms with Crippen molar-refractivity contribution in [2.24, 2.45) is 5.41 Å². The van der Waals surface area contributed by atoms with Crippen molar-refractivity contribution in [3.63, 3.8) is 0 Å². The Morgan fingerprint density at radius 3 is 2.04 bits per heavy atom. The summed E-state index contributed by atoms with van der Waals surface area (Å²) in [5, 5.41) is 36.4. The predicted octanol–water partition coefficient (Wildman–Crippen LogP) is 2.37. The zero-order valence-corrected chi connectivity index (χ0v) is 44.7. The highest BCUT2D eigenvalue weighted by atomic mass is 32.2. The van der Waals surface area contributed by atoms with Crippen LogP contribution in [0.3, 0.4) is 0 Å². The van der Waals surface area contributed by atoms with Gasteiger partial charge in [-0.1, -0.05) is 105 Å². The molecule has 25 nitrogen and oxygen atoms in total. The molecule has 0 aromatic carbocycles. The fraction of sp³-hybridized carbons (Fsp3) is 0.556. The van der Waals surface area contributed by atoms with Gasteiger partial charge in [0.1, 0.15) is 36.3 Å². The predicted molar refractivity (Wildman–Crippen MR) is 266 cm³/mol. The number of amides is 2. The van der Waals surface area contributed by atoms with Crippen molar-refractivity contribution >= 4 is 69.1 Å². The molecule has 1 aliphatic rings. The molecule has 2 unspecified atom stereocenters. The number of aromatic nitrogens is 4. The van der Waals surface area contributed by atoms with Crippen molar-refractivity contribution in [3.8, 4) is 0 Å². The first-order valence-corrected chi connectivity index (χ1v) is 28.9. The van der Waals surface area contributed by atoms with E-state index >= 15 is 0 Å². The number of nitrogens with zero attached hydrogens (tertiary/aromatic N) is 4. The standard InChI is InChI=1S/C45H70N7O18P3S/c1-4-5-6-7-8-9-10-11-12-13-14-15-16-17-18-19-20-21-22-23-33(53)28-36(55)74-27-26-47-35(54)24-25-48-43(58)40(57)45(2,3)30-67-73(64,65)70-72(62,63)66-29-34-39(69-71(59,60)61)38(56)44(68-34)52-32-51-37-41(46)49-31-50-42(37)52/h5-6,8-9,11-12,14-15,17-18,20-21,31-34,38-40,44,53,56-57H,4,7,10,13,16,19,22-30H2,1-3H3,(H,47,54)(H,48,58)(H,62,63)(H,64,65)(H2,46,49,50)(H2,59,60,61)/p-4/b6-5-,9-8-,12-11-,15-14-,18-17-,21-20-/t33-,34+,38+,39+,40-,44+/m0/s1. The van der Waals surface area contributed by atoms with Crippen LogP contribution in [0.2, 0.25) is 0 Å². The van der Waals surface area contributed by atoms with Crippen LogP contribution in [0.1, 0.15) is 91.2 Å². The molecule has 0 radical (unpaired) electrons. The fourth-order valence-corrected chi connectivity index (χ4v) is 10.0. The van der Waals surface area contributed by atoms with Gasteiger partial charge in [0.2, 0.25) is 11.8 Å². The van der Waals surface area contributed by atoms with Gasteiger partial charge in [0.15, 0.2) is 22.8 Å². The summed E-state index contributed by atoms with van der Waals surface area (Å²) in [6.45, 7) is 2.05. The van der Waals surface area contributed by atoms with Gasteiger partial charge in [-0.15, -0.1) is 0 Å². The number of rotatable bonds is 35. The lowest BCUT2D eigenvalue weighted by Gasteiger charge is -2.36. The van der Waals surface area contributed by atoms with E-state index in [1.165, 1.54) is 13.8 Å². The molecule has 2 aromatic heterocycles. The molecule has 414 valence electrons. The number of ether oxygens (including phenoxy) is 1. The Hall–Kier alpha value is -4.04. The zero-order valence-electron chi connectivity index (χ0n) is 41.2. The number of nitrogens with two attached hydrogens (primary N) is 1. The minimum atomic E-state index is -5.94. The summed E-state index contributed by atoms with van der Waals surface area (Å²) in [5.41, 5.74) is 4.05. The second-order valence-electron chi connectivity index (χ2n) is 17.1. The third-order valence-corrected chi connectivity index (χ3v) is 14.3. The van der Waals surface area contributed by atoms with Gasteiger partial charge in [0, 0.05) is 37.1 Å². The van der Waals surface area contributed by atoms with E-state index in [9.17, 15) is 63.0 Å². The van der Waals surface area contributed by atoms with E-state index in [-0.39, 0.29) is 53.8 Å². The Bertz CT molecular complexity index is 2430. The van der Waals surface area contributed by atoms with Crippen molar-refractivity contribution in [3.05, 3.63) is 85.6 Å². The number of carbonyl (C=O) groups excluding carboxylic acids is 3. The van der Waals surface area contributed by atoms with Crippen LogP contribution in [0.15, 0.2) is 85.6 Å². The van der Waals surface area contributed by atoms with Crippen LogP contribution in [0, 0.1) is 5.41 Å². The van der Waals surface area contributed by atoms with Crippen molar-refractivity contribution in [1.82, 2.24) is 30.2 Å². The number of nitrogen functional groups attached to an aromatic ring is 1. The lowest BCUT2D eigenvalue weighted by Crippen LogP contribution is -2.46. The number of fused-ring (bicyclic) bond motifs is 1. The summed E-state index contributed by atoms with van der Waals surface area (Å²) < 4.78 is 60.8. The number of anilines is 1. The third-order valence-electron chi connectivity index (χ3n) is 10.4. The molecule has 3 heterocycles. The van der Waals surface area contributed by atoms with E-state index < -0.39 is 90.7 Å². The number of thioether (sulfide) groups is 1. The first-order chi connectivity index (χ1) is 34.9. The lowest BCUT2D eigenvalue weighted by atomic mass is 9.87. The van der Waals surface area contributed by atoms with E-state index in [1.54, 1.807) is 0 Å². The fourth-order valence-electron chi connectivity index (χ4n) is 6.55. The number of carbonyl (C=O) groups is 3. The maximum Gasteiger partial charge on any atom is 0.274 e. The summed E-state index contributed by atoms with van der Waals surface area (Å²) >= 11 is 0.952. The number of aliphatic hydroxyl groups excluding tert-OH is 3. The Kier molecular flexibility index (Phi) is 28.2. The van der Waals surface area contributed by atoms with Crippen molar-refractivity contribution in [2.75, 3.05) is 37.8 Å². The van der Waals surface area contributed by atoms with Gasteiger partial charge in [0.25, 0.3) is 15.6 Å². The molecule has 74 heavy (non-hydrogen) atoms. The monoisotopic (exact) mass is 1120 g/mol. The van der Waals surface area contributed by atoms with Crippen LogP contribution in [0.25, 0.3) is 11.2 Å². The van der Waals surface area contributed by atoms with Crippen LogP contribution in [-0.4, -0.2) is 114 Å². The number of imidazole rings is 1. The van der Waals surface area contributed by atoms with Gasteiger partial charge < -0.3 is 74.1 Å². The summed E-state index contributed by atoms with van der Waals surface area (Å²) in [7, 11) is -17.7. The van der Waals surface area contributed by atoms with Crippen LogP contribution >= 0.6 is 35.2 Å². The Balaban J connectivity index is 1.28. The molecule has 0 bridgehead atoms. The van der Waals surface area contributed by atoms with E-state index in [0.717, 1.165) is 67.5 Å². The maximum atomic E-state index is 12.7. The van der Waals surface area contributed by atoms with Crippen LogP contribution in [-0.2, 0) is 50.7 Å². The molecule has 1 fully saturated rings. The maximum absolute atomic E-state index is 12.7. The normalized spacial score (nSPS) is 20.4. The number of allylic oxidation sites excluding steroid dienone is 12. The number of aliphatic hydroxyl groups is 3. The van der Waals surface area contributed by atoms with E-state index in [1.807, 2.05) is 12.2 Å². The molecule has 1 saturated heterocycles. The second-order valence-corrected chi connectivity index (χ2v) is 22.3. The number of hydrogen-bond donors (Lipinski definition) is 6. The zero-order chi connectivity index (χ0) is 54.8. The third kappa shape index (κ3) is 24.7. The molecule has 1 aliphatic heterocycles. The van der Waals surface area contributed by atoms with E-state index in [4.69, 9.17) is 10.5 Å². The van der Waals surface area contributed by atoms with Gasteiger partial charge in [0.05, 0.1) is 33.5 Å². The molecule has 3 rings (SSSR count). The second kappa shape index (κ2) is 32.5. The molecule has 29 heteroatoms. The number of nitrogens with one attached hydrogen (secondary N) is 2. The lowest BCUT2D eigenvalue weighted by molar-refractivity contribution is -0.347. The minimum Gasteiger partial charge on any atom is -0.790 e. The SMILES string of the molecule is CC/C=C\C/C=C\C/C=C\C/C=C\C/C=C\C/C=C\CC[C@H](O)CC(=O)SCCNC(=O)CCNC(=O)[C@H](O)C(C)(C)COP(=O)([O-])OP(=O)([O-])OC[C@H]1O[C@@H](n2cnc3c(N)ncnc32)[C@H](O)[C@@H]1OP(=O)([O-])[O-]. The van der Waals surface area contributed by atoms with Crippen LogP contribution in [0.5, 0.6) is 0 Å². The summed E-state index contributed by atoms with van der Waals surface area (Å²) in [6, 6.07) is 0. The molecular weight excluding hydrogens is 1050 g/mol. The molecule has 2 aromatic rings. The van der Waals surface area contributed by atoms with E-state index in [2.05, 4.69) is 111 Å². The van der Waals surface area contributed by atoms with Gasteiger partial charge in [-0.3, -0.25) is 28.1 Å². The quantitative estimate of drug-likeness (QED) is 0.0328. The van der Waals surface area contributed by atoms with Gasteiger partial charge >= 0.3 is 0 Å². The summed E-state index contributed by atoms with van der Waals surface area (Å²) in [6.07, 6.45) is 23.2. The first-order valence-electron chi connectivity index (χ1n) is 23.5. The van der Waals surface area contributed by atoms with Crippen LogP contribution < -0.4 is 35.9 Å². The average molecular weight is 1120 g/mol. The van der Waals surface area contributed by atoms with Gasteiger partial charge in [-0.05, 0) is 51.4 Å². The van der Waals surface area contributed by atoms with Crippen molar-refractivity contribution < 1.29 is 85.6 Å². The Labute approximate surface area is 433 Å². The molecule has 0 aliphatic carbocycles. The number of phosphoric ester groups is 3. The highest BCUT2D eigenvalue weighted by Gasteiger charge is 2.47. The Morgan fingerprint density at radius 1 is 0.865 bits per heavy atom. The molecule has 2 amide bonds. The Morgan fingerprint density at radius 2 is 1.45 bits per heavy atom. The highest BCUT2D eigenvalue weighted by Crippen LogP contribution is 2.56.